The Bertz CT molecular complexity index is 193. The van der Waals surface area contributed by atoms with Gasteiger partial charge in [0.15, 0.2) is 0 Å². The van der Waals surface area contributed by atoms with Crippen LogP contribution in [0.1, 0.15) is 40.5 Å². The summed E-state index contributed by atoms with van der Waals surface area (Å²) < 4.78 is 5.57. The molecule has 0 aliphatic rings. The van der Waals surface area contributed by atoms with Crippen LogP contribution in [-0.4, -0.2) is 37.7 Å². The summed E-state index contributed by atoms with van der Waals surface area (Å²) in [5.74, 6) is -0.0170. The highest BCUT2D eigenvalue weighted by atomic mass is 16.5. The SMILES string of the molecule is CCC(CC)NC(=O)C(C)OC(C)CNC. The first-order chi connectivity index (χ1) is 7.54. The largest absolute Gasteiger partial charge is 0.364 e. The quantitative estimate of drug-likeness (QED) is 0.661. The highest BCUT2D eigenvalue weighted by Gasteiger charge is 2.18. The van der Waals surface area contributed by atoms with Crippen molar-refractivity contribution in [3.05, 3.63) is 0 Å². The Balaban J connectivity index is 3.97. The molecule has 0 saturated carbocycles. The first-order valence-electron chi connectivity index (χ1n) is 6.15. The molecule has 2 N–H and O–H groups in total. The van der Waals surface area contributed by atoms with Crippen LogP contribution in [0.2, 0.25) is 0 Å². The molecule has 0 aliphatic carbocycles. The van der Waals surface area contributed by atoms with Crippen molar-refractivity contribution in [1.29, 1.82) is 0 Å². The smallest absolute Gasteiger partial charge is 0.249 e. The van der Waals surface area contributed by atoms with Crippen molar-refractivity contribution in [2.75, 3.05) is 13.6 Å². The van der Waals surface area contributed by atoms with Gasteiger partial charge >= 0.3 is 0 Å². The summed E-state index contributed by atoms with van der Waals surface area (Å²) >= 11 is 0. The maximum absolute atomic E-state index is 11.8. The number of carbonyl (C=O) groups is 1. The zero-order chi connectivity index (χ0) is 12.6. The van der Waals surface area contributed by atoms with E-state index in [9.17, 15) is 4.79 Å². The number of amides is 1. The summed E-state index contributed by atoms with van der Waals surface area (Å²) in [6.45, 7) is 8.65. The number of likely N-dealkylation sites (N-methyl/N-ethyl adjacent to an activating group) is 1. The molecule has 0 saturated heterocycles. The van der Waals surface area contributed by atoms with E-state index in [2.05, 4.69) is 24.5 Å². The minimum absolute atomic E-state index is 0.0170. The average Bonchev–Trinajstić information content (AvgIpc) is 2.25. The summed E-state index contributed by atoms with van der Waals surface area (Å²) in [4.78, 5) is 11.8. The van der Waals surface area contributed by atoms with Gasteiger partial charge in [-0.1, -0.05) is 13.8 Å². The van der Waals surface area contributed by atoms with Crippen molar-refractivity contribution in [3.63, 3.8) is 0 Å². The lowest BCUT2D eigenvalue weighted by Gasteiger charge is -2.21. The van der Waals surface area contributed by atoms with E-state index >= 15 is 0 Å². The van der Waals surface area contributed by atoms with Gasteiger partial charge in [-0.3, -0.25) is 4.79 Å². The number of carbonyl (C=O) groups excluding carboxylic acids is 1. The van der Waals surface area contributed by atoms with E-state index in [1.165, 1.54) is 0 Å². The fourth-order valence-corrected chi connectivity index (χ4v) is 1.56. The van der Waals surface area contributed by atoms with Crippen LogP contribution in [0.15, 0.2) is 0 Å². The Hall–Kier alpha value is -0.610. The molecule has 4 nitrogen and oxygen atoms in total. The van der Waals surface area contributed by atoms with Gasteiger partial charge in [0, 0.05) is 12.6 Å². The van der Waals surface area contributed by atoms with Gasteiger partial charge in [0.25, 0.3) is 0 Å². The summed E-state index contributed by atoms with van der Waals surface area (Å²) in [6.07, 6.45) is 1.58. The van der Waals surface area contributed by atoms with Crippen molar-refractivity contribution in [3.8, 4) is 0 Å². The highest BCUT2D eigenvalue weighted by molar-refractivity contribution is 5.80. The van der Waals surface area contributed by atoms with Crippen LogP contribution in [-0.2, 0) is 9.53 Å². The summed E-state index contributed by atoms with van der Waals surface area (Å²) in [7, 11) is 1.87. The average molecular weight is 230 g/mol. The Morgan fingerprint density at radius 1 is 1.25 bits per heavy atom. The number of ether oxygens (including phenoxy) is 1. The standard InChI is InChI=1S/C12H26N2O2/c1-6-11(7-2)14-12(15)10(4)16-9(3)8-13-5/h9-11,13H,6-8H2,1-5H3,(H,14,15). The molecule has 0 aliphatic heterocycles. The molecule has 0 heterocycles. The monoisotopic (exact) mass is 230 g/mol. The molecule has 0 aromatic carbocycles. The Labute approximate surface area is 99.1 Å². The van der Waals surface area contributed by atoms with E-state index in [0.717, 1.165) is 19.4 Å². The molecule has 0 bridgehead atoms. The van der Waals surface area contributed by atoms with Crippen LogP contribution in [0.25, 0.3) is 0 Å². The van der Waals surface area contributed by atoms with Crippen molar-refractivity contribution >= 4 is 5.91 Å². The maximum Gasteiger partial charge on any atom is 0.249 e. The lowest BCUT2D eigenvalue weighted by Crippen LogP contribution is -2.42. The number of hydrogen-bond donors (Lipinski definition) is 2. The van der Waals surface area contributed by atoms with E-state index in [1.54, 1.807) is 6.92 Å². The topological polar surface area (TPSA) is 50.4 Å². The van der Waals surface area contributed by atoms with Crippen LogP contribution in [0.5, 0.6) is 0 Å². The third-order valence-corrected chi connectivity index (χ3v) is 2.63. The lowest BCUT2D eigenvalue weighted by atomic mass is 10.1. The van der Waals surface area contributed by atoms with E-state index < -0.39 is 0 Å². The molecule has 0 fully saturated rings. The predicted octanol–water partition coefficient (Wildman–Crippen LogP) is 1.30. The molecule has 2 atom stereocenters. The minimum atomic E-state index is -0.385. The van der Waals surface area contributed by atoms with Gasteiger partial charge in [-0.15, -0.1) is 0 Å². The third kappa shape index (κ3) is 6.08. The summed E-state index contributed by atoms with van der Waals surface area (Å²) in [5.41, 5.74) is 0. The van der Waals surface area contributed by atoms with Gasteiger partial charge in [-0.25, -0.2) is 0 Å². The van der Waals surface area contributed by atoms with Crippen molar-refractivity contribution < 1.29 is 9.53 Å². The second-order valence-corrected chi connectivity index (χ2v) is 4.17. The number of nitrogens with one attached hydrogen (secondary N) is 2. The van der Waals surface area contributed by atoms with E-state index in [1.807, 2.05) is 14.0 Å². The Kier molecular flexibility index (Phi) is 8.21. The van der Waals surface area contributed by atoms with Crippen molar-refractivity contribution in [1.82, 2.24) is 10.6 Å². The molecule has 96 valence electrons. The molecule has 0 aromatic rings. The number of rotatable bonds is 8. The Morgan fingerprint density at radius 2 is 1.81 bits per heavy atom. The zero-order valence-corrected chi connectivity index (χ0v) is 11.2. The molecular weight excluding hydrogens is 204 g/mol. The van der Waals surface area contributed by atoms with Gasteiger partial charge in [-0.05, 0) is 33.7 Å². The van der Waals surface area contributed by atoms with Crippen LogP contribution < -0.4 is 10.6 Å². The highest BCUT2D eigenvalue weighted by Crippen LogP contribution is 2.01. The van der Waals surface area contributed by atoms with Gasteiger partial charge in [-0.2, -0.15) is 0 Å². The maximum atomic E-state index is 11.8. The Morgan fingerprint density at radius 3 is 2.25 bits per heavy atom. The molecule has 1 amide bonds. The first-order valence-corrected chi connectivity index (χ1v) is 6.15. The van der Waals surface area contributed by atoms with Gasteiger partial charge in [0.05, 0.1) is 6.10 Å². The fraction of sp³-hybridized carbons (Fsp3) is 0.917. The molecule has 2 unspecified atom stereocenters. The second kappa shape index (κ2) is 8.53. The van der Waals surface area contributed by atoms with Crippen molar-refractivity contribution in [2.24, 2.45) is 0 Å². The normalized spacial score (nSPS) is 14.9. The van der Waals surface area contributed by atoms with E-state index in [0.29, 0.717) is 0 Å². The molecule has 0 rings (SSSR count). The minimum Gasteiger partial charge on any atom is -0.364 e. The van der Waals surface area contributed by atoms with Gasteiger partial charge in [0.1, 0.15) is 6.10 Å². The fourth-order valence-electron chi connectivity index (χ4n) is 1.56. The number of hydrogen-bond acceptors (Lipinski definition) is 3. The van der Waals surface area contributed by atoms with Gasteiger partial charge in [0.2, 0.25) is 5.91 Å². The molecule has 16 heavy (non-hydrogen) atoms. The van der Waals surface area contributed by atoms with Gasteiger partial charge < -0.3 is 15.4 Å². The molecular formula is C12H26N2O2. The van der Waals surface area contributed by atoms with E-state index in [-0.39, 0.29) is 24.2 Å². The molecule has 0 radical (unpaired) electrons. The summed E-state index contributed by atoms with van der Waals surface area (Å²) in [6, 6.07) is 0.262. The van der Waals surface area contributed by atoms with Crippen molar-refractivity contribution in [2.45, 2.75) is 58.8 Å². The summed E-state index contributed by atoms with van der Waals surface area (Å²) in [5, 5.41) is 6.00. The lowest BCUT2D eigenvalue weighted by molar-refractivity contribution is -0.135. The predicted molar refractivity (Wildman–Crippen MR) is 66.4 cm³/mol. The van der Waals surface area contributed by atoms with E-state index in [4.69, 9.17) is 4.74 Å². The zero-order valence-electron chi connectivity index (χ0n) is 11.2. The van der Waals surface area contributed by atoms with Crippen LogP contribution >= 0.6 is 0 Å². The molecule has 0 aromatic heterocycles. The van der Waals surface area contributed by atoms with Crippen LogP contribution in [0.3, 0.4) is 0 Å². The van der Waals surface area contributed by atoms with Crippen LogP contribution in [0.4, 0.5) is 0 Å². The first kappa shape index (κ1) is 15.4. The third-order valence-electron chi connectivity index (χ3n) is 2.63. The second-order valence-electron chi connectivity index (χ2n) is 4.17. The van der Waals surface area contributed by atoms with Crippen LogP contribution in [0, 0.1) is 0 Å². The molecule has 4 heteroatoms. The molecule has 0 spiro atoms.